The summed E-state index contributed by atoms with van der Waals surface area (Å²) < 4.78 is 0. The number of halogens is 1. The minimum Gasteiger partial charge on any atom is -0.370 e. The van der Waals surface area contributed by atoms with Gasteiger partial charge in [-0.1, -0.05) is 23.7 Å². The molecule has 3 aromatic rings. The lowest BCUT2D eigenvalue weighted by atomic mass is 9.86. The van der Waals surface area contributed by atoms with Crippen LogP contribution in [0.3, 0.4) is 0 Å². The van der Waals surface area contributed by atoms with Crippen LogP contribution in [0, 0.1) is 0 Å². The van der Waals surface area contributed by atoms with Crippen molar-refractivity contribution in [2.45, 2.75) is 43.7 Å². The maximum absolute atomic E-state index is 13.3. The highest BCUT2D eigenvalue weighted by atomic mass is 35.5. The van der Waals surface area contributed by atoms with E-state index in [-0.39, 0.29) is 24.3 Å². The smallest absolute Gasteiger partial charge is 0.240 e. The van der Waals surface area contributed by atoms with Crippen molar-refractivity contribution in [3.63, 3.8) is 0 Å². The molecule has 1 aliphatic heterocycles. The predicted octanol–water partition coefficient (Wildman–Crippen LogP) is 2.42. The van der Waals surface area contributed by atoms with E-state index in [1.54, 1.807) is 12.1 Å². The van der Waals surface area contributed by atoms with Gasteiger partial charge < -0.3 is 26.7 Å². The summed E-state index contributed by atoms with van der Waals surface area (Å²) in [5.41, 5.74) is 12.6. The SMILES string of the molecule is NC(=O)CCCC(NC(=O)C1(N)CCN(c2ncnc3[nH]ccc23)CC1)c1ccc(Cl)cc1. The number of rotatable bonds is 8. The van der Waals surface area contributed by atoms with Crippen LogP contribution in [0.1, 0.15) is 43.7 Å². The summed E-state index contributed by atoms with van der Waals surface area (Å²) in [6.07, 6.45) is 5.75. The molecule has 10 heteroatoms. The summed E-state index contributed by atoms with van der Waals surface area (Å²) in [6, 6.07) is 8.98. The highest BCUT2D eigenvalue weighted by Gasteiger charge is 2.39. The Balaban J connectivity index is 1.43. The maximum atomic E-state index is 13.3. The number of fused-ring (bicyclic) bond motifs is 1. The number of hydrogen-bond acceptors (Lipinski definition) is 6. The lowest BCUT2D eigenvalue weighted by Gasteiger charge is -2.39. The highest BCUT2D eigenvalue weighted by Crippen LogP contribution is 2.29. The fourth-order valence-corrected chi connectivity index (χ4v) is 4.38. The summed E-state index contributed by atoms with van der Waals surface area (Å²) in [7, 11) is 0. The molecule has 0 radical (unpaired) electrons. The van der Waals surface area contributed by atoms with Gasteiger partial charge in [-0.2, -0.15) is 0 Å². The van der Waals surface area contributed by atoms with Crippen LogP contribution in [0.25, 0.3) is 11.0 Å². The number of primary amides is 1. The fourth-order valence-electron chi connectivity index (χ4n) is 4.25. The molecule has 0 bridgehead atoms. The molecule has 9 nitrogen and oxygen atoms in total. The second-order valence-corrected chi connectivity index (χ2v) is 8.95. The van der Waals surface area contributed by atoms with Gasteiger partial charge in [0.05, 0.1) is 17.0 Å². The molecule has 33 heavy (non-hydrogen) atoms. The zero-order valence-corrected chi connectivity index (χ0v) is 19.0. The number of anilines is 1. The van der Waals surface area contributed by atoms with E-state index in [1.165, 1.54) is 6.33 Å². The van der Waals surface area contributed by atoms with Gasteiger partial charge in [0.15, 0.2) is 0 Å². The number of piperidine rings is 1. The summed E-state index contributed by atoms with van der Waals surface area (Å²) >= 11 is 6.02. The van der Waals surface area contributed by atoms with Crippen LogP contribution in [0.5, 0.6) is 0 Å². The van der Waals surface area contributed by atoms with Gasteiger partial charge in [-0.25, -0.2) is 9.97 Å². The Labute approximate surface area is 196 Å². The predicted molar refractivity (Wildman–Crippen MR) is 128 cm³/mol. The largest absolute Gasteiger partial charge is 0.370 e. The van der Waals surface area contributed by atoms with Crippen molar-refractivity contribution in [1.29, 1.82) is 0 Å². The van der Waals surface area contributed by atoms with Crippen molar-refractivity contribution in [2.75, 3.05) is 18.0 Å². The molecule has 174 valence electrons. The quantitative estimate of drug-likeness (QED) is 0.399. The molecule has 3 heterocycles. The number of H-pyrrole nitrogens is 1. The molecule has 0 saturated carbocycles. The molecule has 1 unspecified atom stereocenters. The minimum absolute atomic E-state index is 0.198. The summed E-state index contributed by atoms with van der Waals surface area (Å²) in [6.45, 7) is 1.21. The number of nitrogens with two attached hydrogens (primary N) is 2. The highest BCUT2D eigenvalue weighted by molar-refractivity contribution is 6.30. The van der Waals surface area contributed by atoms with Crippen molar-refractivity contribution in [1.82, 2.24) is 20.3 Å². The van der Waals surface area contributed by atoms with Crippen molar-refractivity contribution >= 4 is 40.3 Å². The molecule has 1 aromatic carbocycles. The number of carbonyl (C=O) groups is 2. The molecular formula is C23H28ClN7O2. The van der Waals surface area contributed by atoms with Gasteiger partial charge in [-0.3, -0.25) is 9.59 Å². The van der Waals surface area contributed by atoms with Gasteiger partial charge in [0.25, 0.3) is 0 Å². The second-order valence-electron chi connectivity index (χ2n) is 8.52. The molecule has 6 N–H and O–H groups in total. The second kappa shape index (κ2) is 9.76. The normalized spacial score (nSPS) is 16.5. The van der Waals surface area contributed by atoms with Gasteiger partial charge in [0.2, 0.25) is 11.8 Å². The molecule has 1 fully saturated rings. The molecular weight excluding hydrogens is 442 g/mol. The van der Waals surface area contributed by atoms with Crippen LogP contribution in [0.2, 0.25) is 5.02 Å². The molecule has 1 atom stereocenters. The summed E-state index contributed by atoms with van der Waals surface area (Å²) in [5.74, 6) is 0.282. The minimum atomic E-state index is -0.991. The third kappa shape index (κ3) is 5.26. The van der Waals surface area contributed by atoms with Gasteiger partial charge in [-0.15, -0.1) is 0 Å². The Morgan fingerprint density at radius 2 is 1.91 bits per heavy atom. The lowest BCUT2D eigenvalue weighted by Crippen LogP contribution is -2.60. The van der Waals surface area contributed by atoms with Crippen molar-refractivity contribution in [3.8, 4) is 0 Å². The third-order valence-corrected chi connectivity index (χ3v) is 6.49. The standard InChI is InChI=1S/C23H28ClN7O2/c24-16-6-4-15(5-7-16)18(2-1-3-19(25)32)30-22(33)23(26)9-12-31(13-10-23)21-17-8-11-27-20(17)28-14-29-21/h4-8,11,14,18H,1-3,9-10,12-13,26H2,(H2,25,32)(H,30,33)(H,27,28,29). The van der Waals surface area contributed by atoms with Crippen LogP contribution >= 0.6 is 11.6 Å². The summed E-state index contributed by atoms with van der Waals surface area (Å²) in [5, 5.41) is 4.67. The Hall–Kier alpha value is -3.17. The molecule has 0 spiro atoms. The summed E-state index contributed by atoms with van der Waals surface area (Å²) in [4.78, 5) is 38.4. The number of amides is 2. The lowest BCUT2D eigenvalue weighted by molar-refractivity contribution is -0.128. The van der Waals surface area contributed by atoms with E-state index in [0.29, 0.717) is 43.8 Å². The van der Waals surface area contributed by atoms with Crippen LogP contribution in [-0.4, -0.2) is 45.4 Å². The van der Waals surface area contributed by atoms with Crippen molar-refractivity contribution in [2.24, 2.45) is 11.5 Å². The molecule has 1 aliphatic rings. The number of hydrogen-bond donors (Lipinski definition) is 4. The number of carbonyl (C=O) groups excluding carboxylic acids is 2. The van der Waals surface area contributed by atoms with Gasteiger partial charge in [-0.05, 0) is 49.4 Å². The third-order valence-electron chi connectivity index (χ3n) is 6.23. The topological polar surface area (TPSA) is 143 Å². The zero-order valence-electron chi connectivity index (χ0n) is 18.3. The average molecular weight is 470 g/mol. The van der Waals surface area contributed by atoms with E-state index in [2.05, 4.69) is 25.2 Å². The van der Waals surface area contributed by atoms with Crippen LogP contribution < -0.4 is 21.7 Å². The monoisotopic (exact) mass is 469 g/mol. The maximum Gasteiger partial charge on any atom is 0.240 e. The van der Waals surface area contributed by atoms with E-state index in [1.807, 2.05) is 24.4 Å². The number of nitrogens with zero attached hydrogens (tertiary/aromatic N) is 3. The van der Waals surface area contributed by atoms with E-state index in [4.69, 9.17) is 23.1 Å². The van der Waals surface area contributed by atoms with Crippen molar-refractivity contribution < 1.29 is 9.59 Å². The number of aromatic amines is 1. The Bertz CT molecular complexity index is 1120. The first-order valence-corrected chi connectivity index (χ1v) is 11.4. The van der Waals surface area contributed by atoms with E-state index < -0.39 is 5.54 Å². The molecule has 1 saturated heterocycles. The Morgan fingerprint density at radius 1 is 1.18 bits per heavy atom. The van der Waals surface area contributed by atoms with E-state index in [9.17, 15) is 9.59 Å². The zero-order chi connectivity index (χ0) is 23.4. The first kappa shape index (κ1) is 23.0. The Kier molecular flexibility index (Phi) is 6.80. The molecule has 2 aromatic heterocycles. The van der Waals surface area contributed by atoms with Gasteiger partial charge >= 0.3 is 0 Å². The Morgan fingerprint density at radius 3 is 2.61 bits per heavy atom. The first-order valence-electron chi connectivity index (χ1n) is 11.0. The van der Waals surface area contributed by atoms with E-state index >= 15 is 0 Å². The van der Waals surface area contributed by atoms with Gasteiger partial charge in [0, 0.05) is 30.7 Å². The first-order chi connectivity index (χ1) is 15.9. The average Bonchev–Trinajstić information content (AvgIpc) is 3.28. The van der Waals surface area contributed by atoms with Crippen LogP contribution in [0.4, 0.5) is 5.82 Å². The molecule has 2 amide bonds. The number of nitrogens with one attached hydrogen (secondary N) is 2. The molecule has 0 aliphatic carbocycles. The van der Waals surface area contributed by atoms with Crippen LogP contribution in [-0.2, 0) is 9.59 Å². The van der Waals surface area contributed by atoms with Crippen molar-refractivity contribution in [3.05, 3.63) is 53.4 Å². The van der Waals surface area contributed by atoms with Gasteiger partial charge in [0.1, 0.15) is 17.8 Å². The number of benzene rings is 1. The van der Waals surface area contributed by atoms with E-state index in [0.717, 1.165) is 22.4 Å². The fraction of sp³-hybridized carbons (Fsp3) is 0.391. The van der Waals surface area contributed by atoms with Crippen LogP contribution in [0.15, 0.2) is 42.9 Å². The molecule has 4 rings (SSSR count). The number of aromatic nitrogens is 3.